The Balaban J connectivity index is 0.00000312. The van der Waals surface area contributed by atoms with Crippen molar-refractivity contribution in [3.63, 3.8) is 0 Å². The molecule has 1 aliphatic heterocycles. The second-order valence-electron chi connectivity index (χ2n) is 5.34. The first-order valence-electron chi connectivity index (χ1n) is 7.13. The fourth-order valence-electron chi connectivity index (χ4n) is 2.65. The summed E-state index contributed by atoms with van der Waals surface area (Å²) in [5, 5.41) is 11.9. The Hall–Kier alpha value is -1.23. The first kappa shape index (κ1) is 21.8. The molecule has 0 unspecified atom stereocenters. The van der Waals surface area contributed by atoms with Crippen LogP contribution < -0.4 is 10.1 Å². The summed E-state index contributed by atoms with van der Waals surface area (Å²) in [7, 11) is 0. The number of halogens is 7. The van der Waals surface area contributed by atoms with E-state index in [-0.39, 0.29) is 25.5 Å². The third-order valence-electron chi connectivity index (χ3n) is 3.62. The van der Waals surface area contributed by atoms with Gasteiger partial charge in [-0.3, -0.25) is 4.90 Å². The molecule has 0 bridgehead atoms. The number of piperazine rings is 1. The maximum Gasteiger partial charge on any atom is 0.573 e. The van der Waals surface area contributed by atoms with Gasteiger partial charge in [0.05, 0.1) is 0 Å². The normalized spacial score (nSPS) is 17.7. The monoisotopic (exact) mass is 394 g/mol. The van der Waals surface area contributed by atoms with Crippen molar-refractivity contribution >= 4 is 12.4 Å². The Bertz CT molecular complexity index is 567. The molecule has 0 amide bonds. The Morgan fingerprint density at radius 2 is 1.76 bits per heavy atom. The van der Waals surface area contributed by atoms with E-state index in [1.165, 1.54) is 4.90 Å². The molecular weight excluding hydrogens is 378 g/mol. The predicted octanol–water partition coefficient (Wildman–Crippen LogP) is 2.72. The van der Waals surface area contributed by atoms with E-state index < -0.39 is 42.1 Å². The van der Waals surface area contributed by atoms with E-state index in [2.05, 4.69) is 10.1 Å². The highest BCUT2D eigenvalue weighted by Crippen LogP contribution is 2.39. The summed E-state index contributed by atoms with van der Waals surface area (Å²) in [6.07, 6.45) is -5.03. The highest BCUT2D eigenvalue weighted by Gasteiger charge is 2.45. The zero-order valence-corrected chi connectivity index (χ0v) is 13.6. The first-order chi connectivity index (χ1) is 11.1. The maximum absolute atomic E-state index is 14.2. The molecular formula is C14H17ClF6N2O2. The fourth-order valence-corrected chi connectivity index (χ4v) is 2.65. The van der Waals surface area contributed by atoms with Gasteiger partial charge < -0.3 is 15.2 Å². The van der Waals surface area contributed by atoms with Crippen molar-refractivity contribution in [1.29, 1.82) is 0 Å². The molecule has 144 valence electrons. The molecule has 2 rings (SSSR count). The van der Waals surface area contributed by atoms with Crippen LogP contribution in [0.4, 0.5) is 26.3 Å². The van der Waals surface area contributed by atoms with Crippen LogP contribution in [0.15, 0.2) is 18.2 Å². The molecule has 1 atom stereocenters. The number of hydrogen-bond acceptors (Lipinski definition) is 4. The van der Waals surface area contributed by atoms with Crippen molar-refractivity contribution in [3.8, 4) is 5.75 Å². The summed E-state index contributed by atoms with van der Waals surface area (Å²) in [5.74, 6) is -5.64. The molecule has 0 saturated carbocycles. The third-order valence-corrected chi connectivity index (χ3v) is 3.62. The van der Waals surface area contributed by atoms with Gasteiger partial charge in [-0.25, -0.2) is 13.2 Å². The van der Waals surface area contributed by atoms with Crippen LogP contribution in [0.25, 0.3) is 0 Å². The van der Waals surface area contributed by atoms with Crippen LogP contribution in [0.1, 0.15) is 11.6 Å². The average molecular weight is 395 g/mol. The Kier molecular flexibility index (Phi) is 7.36. The van der Waals surface area contributed by atoms with Gasteiger partial charge in [0, 0.05) is 31.7 Å². The van der Waals surface area contributed by atoms with Crippen molar-refractivity contribution in [3.05, 3.63) is 29.6 Å². The van der Waals surface area contributed by atoms with Crippen LogP contribution in [-0.2, 0) is 0 Å². The zero-order valence-electron chi connectivity index (χ0n) is 12.8. The van der Waals surface area contributed by atoms with Gasteiger partial charge in [0.2, 0.25) is 0 Å². The number of rotatable bonds is 5. The smallest absolute Gasteiger partial charge is 0.406 e. The highest BCUT2D eigenvalue weighted by molar-refractivity contribution is 5.85. The summed E-state index contributed by atoms with van der Waals surface area (Å²) in [6, 6.07) is 0.0394. The minimum atomic E-state index is -5.03. The predicted molar refractivity (Wildman–Crippen MR) is 79.5 cm³/mol. The van der Waals surface area contributed by atoms with Gasteiger partial charge in [-0.2, -0.15) is 0 Å². The molecule has 25 heavy (non-hydrogen) atoms. The Morgan fingerprint density at radius 1 is 1.16 bits per heavy atom. The van der Waals surface area contributed by atoms with Crippen LogP contribution in [0.5, 0.6) is 5.75 Å². The minimum absolute atomic E-state index is 0. The standard InChI is InChI=1S/C14H16F6N2O2.ClH/c15-11-2-1-9(24-14(18,19)20)7-10(11)12(13(16,17)8-23)22-5-3-21-4-6-22;/h1-2,7,12,21,23H,3-6,8H2;1H/t12-;/m1./s1. The lowest BCUT2D eigenvalue weighted by Gasteiger charge is -2.38. The second kappa shape index (κ2) is 8.43. The lowest BCUT2D eigenvalue weighted by atomic mass is 9.97. The average Bonchev–Trinajstić information content (AvgIpc) is 2.50. The quantitative estimate of drug-likeness (QED) is 0.754. The summed E-state index contributed by atoms with van der Waals surface area (Å²) in [5.41, 5.74) is -0.655. The molecule has 0 radical (unpaired) electrons. The van der Waals surface area contributed by atoms with Crippen LogP contribution in [-0.4, -0.2) is 55.1 Å². The minimum Gasteiger partial charge on any atom is -0.406 e. The number of aliphatic hydroxyl groups is 1. The van der Waals surface area contributed by atoms with E-state index in [0.29, 0.717) is 31.3 Å². The number of hydrogen-bond donors (Lipinski definition) is 2. The van der Waals surface area contributed by atoms with Crippen LogP contribution in [0.2, 0.25) is 0 Å². The summed E-state index contributed by atoms with van der Waals surface area (Å²) < 4.78 is 83.1. The van der Waals surface area contributed by atoms with Crippen LogP contribution in [0.3, 0.4) is 0 Å². The molecule has 0 aromatic heterocycles. The number of benzene rings is 1. The molecule has 1 saturated heterocycles. The Labute approximate surface area is 146 Å². The van der Waals surface area contributed by atoms with Crippen molar-refractivity contribution in [2.24, 2.45) is 0 Å². The largest absolute Gasteiger partial charge is 0.573 e. The van der Waals surface area contributed by atoms with Gasteiger partial charge in [0.15, 0.2) is 0 Å². The number of nitrogens with one attached hydrogen (secondary N) is 1. The topological polar surface area (TPSA) is 44.7 Å². The van der Waals surface area contributed by atoms with Crippen LogP contribution in [0, 0.1) is 5.82 Å². The molecule has 1 fully saturated rings. The van der Waals surface area contributed by atoms with Crippen LogP contribution >= 0.6 is 12.4 Å². The lowest BCUT2D eigenvalue weighted by molar-refractivity contribution is -0.274. The maximum atomic E-state index is 14.2. The molecule has 1 aliphatic rings. The van der Waals surface area contributed by atoms with Gasteiger partial charge in [0.1, 0.15) is 24.2 Å². The molecule has 0 aliphatic carbocycles. The van der Waals surface area contributed by atoms with Crippen molar-refractivity contribution in [1.82, 2.24) is 10.2 Å². The van der Waals surface area contributed by atoms with E-state index in [0.717, 1.165) is 0 Å². The molecule has 2 N–H and O–H groups in total. The highest BCUT2D eigenvalue weighted by atomic mass is 35.5. The molecule has 1 aromatic rings. The van der Waals surface area contributed by atoms with E-state index in [1.54, 1.807) is 0 Å². The SMILES string of the molecule is Cl.OCC(F)(F)[C@@H](c1cc(OC(F)(F)F)ccc1F)N1CCNCC1. The molecule has 4 nitrogen and oxygen atoms in total. The number of nitrogens with zero attached hydrogens (tertiary/aromatic N) is 1. The van der Waals surface area contributed by atoms with Crippen molar-refractivity contribution < 1.29 is 36.2 Å². The van der Waals surface area contributed by atoms with E-state index in [9.17, 15) is 26.3 Å². The molecule has 1 aromatic carbocycles. The summed E-state index contributed by atoms with van der Waals surface area (Å²) in [6.45, 7) is -0.587. The van der Waals surface area contributed by atoms with E-state index in [1.807, 2.05) is 0 Å². The van der Waals surface area contributed by atoms with Gasteiger partial charge in [0.25, 0.3) is 5.92 Å². The lowest BCUT2D eigenvalue weighted by Crippen LogP contribution is -2.51. The first-order valence-corrected chi connectivity index (χ1v) is 7.13. The summed E-state index contributed by atoms with van der Waals surface area (Å²) in [4.78, 5) is 1.22. The van der Waals surface area contributed by atoms with Gasteiger partial charge >= 0.3 is 6.36 Å². The summed E-state index contributed by atoms with van der Waals surface area (Å²) >= 11 is 0. The molecule has 1 heterocycles. The number of ether oxygens (including phenoxy) is 1. The molecule has 11 heteroatoms. The molecule has 0 spiro atoms. The van der Waals surface area contributed by atoms with Gasteiger partial charge in [-0.05, 0) is 18.2 Å². The zero-order chi connectivity index (χ0) is 18.0. The van der Waals surface area contributed by atoms with Gasteiger partial charge in [-0.1, -0.05) is 0 Å². The van der Waals surface area contributed by atoms with Crippen molar-refractivity contribution in [2.45, 2.75) is 18.3 Å². The third kappa shape index (κ3) is 5.63. The van der Waals surface area contributed by atoms with E-state index in [4.69, 9.17) is 5.11 Å². The van der Waals surface area contributed by atoms with Crippen molar-refractivity contribution in [2.75, 3.05) is 32.8 Å². The van der Waals surface area contributed by atoms with E-state index >= 15 is 0 Å². The van der Waals surface area contributed by atoms with Gasteiger partial charge in [-0.15, -0.1) is 25.6 Å². The number of aliphatic hydroxyl groups excluding tert-OH is 1. The fraction of sp³-hybridized carbons (Fsp3) is 0.571. The number of alkyl halides is 5. The second-order valence-corrected chi connectivity index (χ2v) is 5.34. The Morgan fingerprint density at radius 3 is 2.28 bits per heavy atom.